The molecule has 2 atom stereocenters. The van der Waals surface area contributed by atoms with Crippen molar-refractivity contribution in [3.63, 3.8) is 0 Å². The van der Waals surface area contributed by atoms with Gasteiger partial charge in [0.25, 0.3) is 0 Å². The molecule has 2 amide bonds. The molecule has 3 N–H and O–H groups in total. The fourth-order valence-electron chi connectivity index (χ4n) is 6.74. The van der Waals surface area contributed by atoms with Gasteiger partial charge in [-0.1, -0.05) is 194 Å². The van der Waals surface area contributed by atoms with Gasteiger partial charge in [0.05, 0.1) is 33.8 Å². The second-order valence-corrected chi connectivity index (χ2v) is 18.5. The van der Waals surface area contributed by atoms with Crippen LogP contribution in [0.2, 0.25) is 0 Å². The highest BCUT2D eigenvalue weighted by Gasteiger charge is 2.25. The fourth-order valence-corrected chi connectivity index (χ4v) is 7.50. The van der Waals surface area contributed by atoms with Crippen LogP contribution in [0.1, 0.15) is 219 Å². The molecule has 0 aromatic heterocycles. The van der Waals surface area contributed by atoms with Crippen LogP contribution in [0, 0.1) is 0 Å². The number of nitrogens with one attached hydrogen (secondary N) is 2. The van der Waals surface area contributed by atoms with E-state index < -0.39 is 13.9 Å². The van der Waals surface area contributed by atoms with E-state index in [1.54, 1.807) is 0 Å². The molecule has 0 aliphatic carbocycles. The highest BCUT2D eigenvalue weighted by atomic mass is 31.2. The Morgan fingerprint density at radius 1 is 0.537 bits per heavy atom. The first kappa shape index (κ1) is 53.0. The van der Waals surface area contributed by atoms with E-state index in [0.717, 1.165) is 38.5 Å². The van der Waals surface area contributed by atoms with Crippen LogP contribution in [0.3, 0.4) is 0 Å². The molecule has 0 bridgehead atoms. The summed E-state index contributed by atoms with van der Waals surface area (Å²) >= 11 is 0. The molecule has 0 rings (SSSR count). The van der Waals surface area contributed by atoms with Gasteiger partial charge in [0.15, 0.2) is 0 Å². The summed E-state index contributed by atoms with van der Waals surface area (Å²) in [4.78, 5) is 35.7. The van der Waals surface area contributed by atoms with Crippen LogP contribution < -0.4 is 10.6 Å². The van der Waals surface area contributed by atoms with E-state index in [0.29, 0.717) is 23.9 Å². The standard InChI is InChI=1S/C44H90N3O6P/c1-6-8-10-12-14-16-18-20-22-24-26-28-30-32-34-36-43(48)45-40-42(41-53-54(50,51)52-39-38-47(3,4)5)46-44(49)37-35-33-31-29-27-25-23-21-19-17-15-13-11-9-7-2/h42H,6-41H2,1-5H3,(H2-,45,46,48,49,50,51)/p+1/t42-/m1/s1. The van der Waals surface area contributed by atoms with E-state index in [1.165, 1.54) is 154 Å². The van der Waals surface area contributed by atoms with Gasteiger partial charge in [0.1, 0.15) is 13.2 Å². The minimum atomic E-state index is -4.30. The number of rotatable bonds is 42. The first-order valence-electron chi connectivity index (χ1n) is 23.0. The van der Waals surface area contributed by atoms with Gasteiger partial charge in [-0.15, -0.1) is 0 Å². The van der Waals surface area contributed by atoms with Crippen molar-refractivity contribution in [3.8, 4) is 0 Å². The van der Waals surface area contributed by atoms with E-state index in [1.807, 2.05) is 21.1 Å². The molecule has 54 heavy (non-hydrogen) atoms. The van der Waals surface area contributed by atoms with Gasteiger partial charge in [-0.3, -0.25) is 18.6 Å². The molecule has 10 heteroatoms. The summed E-state index contributed by atoms with van der Waals surface area (Å²) in [6.45, 7) is 5.07. The fraction of sp³-hybridized carbons (Fsp3) is 0.955. The molecule has 0 saturated heterocycles. The number of hydrogen-bond acceptors (Lipinski definition) is 5. The Bertz CT molecular complexity index is 900. The molecule has 0 aromatic carbocycles. The van der Waals surface area contributed by atoms with Gasteiger partial charge in [0, 0.05) is 19.4 Å². The SMILES string of the molecule is CCCCCCCCCCCCCCCCCC(=O)NC[C@H](COP(=O)(O)OCC[N+](C)(C)C)NC(=O)CCCCCCCCCCCCCCCCC. The van der Waals surface area contributed by atoms with Crippen LogP contribution in [0.5, 0.6) is 0 Å². The quantitative estimate of drug-likeness (QED) is 0.0322. The number of phosphoric ester groups is 1. The van der Waals surface area contributed by atoms with Crippen molar-refractivity contribution in [3.05, 3.63) is 0 Å². The summed E-state index contributed by atoms with van der Waals surface area (Å²) in [5, 5.41) is 5.84. The molecule has 0 radical (unpaired) electrons. The lowest BCUT2D eigenvalue weighted by atomic mass is 10.0. The van der Waals surface area contributed by atoms with Gasteiger partial charge in [-0.05, 0) is 12.8 Å². The summed E-state index contributed by atoms with van der Waals surface area (Å²) in [6, 6.07) is -0.624. The number of phosphoric acid groups is 1. The number of carbonyl (C=O) groups excluding carboxylic acids is 2. The van der Waals surface area contributed by atoms with Crippen LogP contribution in [-0.2, 0) is 23.2 Å². The molecule has 9 nitrogen and oxygen atoms in total. The second-order valence-electron chi connectivity index (χ2n) is 17.1. The van der Waals surface area contributed by atoms with Crippen molar-refractivity contribution < 1.29 is 32.6 Å². The first-order valence-corrected chi connectivity index (χ1v) is 24.5. The van der Waals surface area contributed by atoms with E-state index in [4.69, 9.17) is 9.05 Å². The summed E-state index contributed by atoms with van der Waals surface area (Å²) in [5.41, 5.74) is 0. The summed E-state index contributed by atoms with van der Waals surface area (Å²) < 4.78 is 23.6. The number of amides is 2. The third-order valence-electron chi connectivity index (χ3n) is 10.4. The van der Waals surface area contributed by atoms with Crippen LogP contribution >= 0.6 is 7.82 Å². The highest BCUT2D eigenvalue weighted by Crippen LogP contribution is 2.43. The maximum atomic E-state index is 12.8. The highest BCUT2D eigenvalue weighted by molar-refractivity contribution is 7.47. The third kappa shape index (κ3) is 40.7. The Labute approximate surface area is 334 Å². The molecule has 0 spiro atoms. The minimum Gasteiger partial charge on any atom is -0.354 e. The van der Waals surface area contributed by atoms with Crippen LogP contribution in [0.25, 0.3) is 0 Å². The van der Waals surface area contributed by atoms with Crippen molar-refractivity contribution in [1.29, 1.82) is 0 Å². The second kappa shape index (κ2) is 37.6. The largest absolute Gasteiger partial charge is 0.472 e. The average molecular weight is 789 g/mol. The molecule has 1 unspecified atom stereocenters. The van der Waals surface area contributed by atoms with Crippen molar-refractivity contribution in [2.45, 2.75) is 225 Å². The van der Waals surface area contributed by atoms with Crippen LogP contribution in [-0.4, -0.2) is 74.7 Å². The molecule has 0 heterocycles. The van der Waals surface area contributed by atoms with Crippen LogP contribution in [0.15, 0.2) is 0 Å². The average Bonchev–Trinajstić information content (AvgIpc) is 3.12. The molecule has 0 fully saturated rings. The molecular formula is C44H91N3O6P+. The van der Waals surface area contributed by atoms with Gasteiger partial charge in [0.2, 0.25) is 11.8 Å². The number of nitrogens with zero attached hydrogens (tertiary/aromatic N) is 1. The zero-order valence-electron chi connectivity index (χ0n) is 36.4. The van der Waals surface area contributed by atoms with Crippen molar-refractivity contribution in [2.24, 2.45) is 0 Å². The van der Waals surface area contributed by atoms with Crippen molar-refractivity contribution in [1.82, 2.24) is 10.6 Å². The Morgan fingerprint density at radius 3 is 1.22 bits per heavy atom. The van der Waals surface area contributed by atoms with Crippen LogP contribution in [0.4, 0.5) is 0 Å². The smallest absolute Gasteiger partial charge is 0.354 e. The van der Waals surface area contributed by atoms with Gasteiger partial charge < -0.3 is 20.0 Å². The van der Waals surface area contributed by atoms with E-state index in [-0.39, 0.29) is 31.6 Å². The zero-order chi connectivity index (χ0) is 40.0. The lowest BCUT2D eigenvalue weighted by Crippen LogP contribution is -2.46. The number of hydrogen-bond donors (Lipinski definition) is 3. The number of carbonyl (C=O) groups is 2. The van der Waals surface area contributed by atoms with Crippen molar-refractivity contribution in [2.75, 3.05) is 47.4 Å². The molecule has 322 valence electrons. The Balaban J connectivity index is 4.30. The number of likely N-dealkylation sites (N-methyl/N-ethyl adjacent to an activating group) is 1. The predicted octanol–water partition coefficient (Wildman–Crippen LogP) is 12.0. The van der Waals surface area contributed by atoms with Gasteiger partial charge in [-0.2, -0.15) is 0 Å². The zero-order valence-corrected chi connectivity index (χ0v) is 37.3. The molecular weight excluding hydrogens is 697 g/mol. The third-order valence-corrected chi connectivity index (χ3v) is 11.4. The summed E-state index contributed by atoms with van der Waals surface area (Å²) in [6.07, 6.45) is 39.0. The summed E-state index contributed by atoms with van der Waals surface area (Å²) in [5.74, 6) is -0.202. The van der Waals surface area contributed by atoms with E-state index in [2.05, 4.69) is 24.5 Å². The topological polar surface area (TPSA) is 114 Å². The molecule has 0 saturated carbocycles. The monoisotopic (exact) mass is 789 g/mol. The maximum Gasteiger partial charge on any atom is 0.472 e. The maximum absolute atomic E-state index is 12.8. The molecule has 0 aliphatic rings. The number of unbranched alkanes of at least 4 members (excludes halogenated alkanes) is 28. The normalized spacial score (nSPS) is 13.5. The van der Waals surface area contributed by atoms with E-state index >= 15 is 0 Å². The molecule has 0 aromatic rings. The van der Waals surface area contributed by atoms with Gasteiger partial charge in [-0.25, -0.2) is 4.57 Å². The lowest BCUT2D eigenvalue weighted by molar-refractivity contribution is -0.870. The Morgan fingerprint density at radius 2 is 0.870 bits per heavy atom. The minimum absolute atomic E-state index is 0.0715. The predicted molar refractivity (Wildman–Crippen MR) is 229 cm³/mol. The Kier molecular flexibility index (Phi) is 36.9. The first-order chi connectivity index (χ1) is 26.0. The van der Waals surface area contributed by atoms with Gasteiger partial charge >= 0.3 is 7.82 Å². The molecule has 0 aliphatic heterocycles. The van der Waals surface area contributed by atoms with E-state index in [9.17, 15) is 19.0 Å². The van der Waals surface area contributed by atoms with Crippen molar-refractivity contribution >= 4 is 19.6 Å². The number of quaternary nitrogens is 1. The summed E-state index contributed by atoms with van der Waals surface area (Å²) in [7, 11) is 1.62. The Hall–Kier alpha value is -0.990. The lowest BCUT2D eigenvalue weighted by Gasteiger charge is -2.24.